The summed E-state index contributed by atoms with van der Waals surface area (Å²) in [4.78, 5) is 21.7. The molecule has 2 amide bonds. The Morgan fingerprint density at radius 1 is 0.947 bits per heavy atom. The maximum Gasteiger partial charge on any atom is 0.222 e. The highest BCUT2D eigenvalue weighted by atomic mass is 16.5. The van der Waals surface area contributed by atoms with Gasteiger partial charge in [0.15, 0.2) is 0 Å². The SMILES string of the molecule is CC.CCC(=O)NCCOCCOCCC(=O)NC. The number of carbonyl (C=O) groups excluding carboxylic acids is 2. The van der Waals surface area contributed by atoms with Crippen LogP contribution in [0.2, 0.25) is 0 Å². The lowest BCUT2D eigenvalue weighted by molar-refractivity contribution is -0.122. The van der Waals surface area contributed by atoms with E-state index in [1.165, 1.54) is 0 Å². The Kier molecular flexibility index (Phi) is 17.9. The third-order valence-corrected chi connectivity index (χ3v) is 2.01. The molecule has 6 heteroatoms. The maximum absolute atomic E-state index is 10.8. The zero-order valence-electron chi connectivity index (χ0n) is 12.6. The molecule has 0 unspecified atom stereocenters. The second-order valence-corrected chi connectivity index (χ2v) is 3.35. The largest absolute Gasteiger partial charge is 0.379 e. The monoisotopic (exact) mass is 276 g/mol. The van der Waals surface area contributed by atoms with Crippen LogP contribution in [0.4, 0.5) is 0 Å². The summed E-state index contributed by atoms with van der Waals surface area (Å²) in [6.45, 7) is 8.12. The number of nitrogens with one attached hydrogen (secondary N) is 2. The van der Waals surface area contributed by atoms with E-state index >= 15 is 0 Å². The first-order chi connectivity index (χ1) is 9.20. The molecule has 0 aliphatic rings. The average molecular weight is 276 g/mol. The van der Waals surface area contributed by atoms with Crippen LogP contribution in [0.5, 0.6) is 0 Å². The Labute approximate surface area is 116 Å². The smallest absolute Gasteiger partial charge is 0.222 e. The molecule has 0 aromatic carbocycles. The molecule has 6 nitrogen and oxygen atoms in total. The highest BCUT2D eigenvalue weighted by Crippen LogP contribution is 1.84. The fourth-order valence-electron chi connectivity index (χ4n) is 0.999. The van der Waals surface area contributed by atoms with Crippen LogP contribution in [0.15, 0.2) is 0 Å². The molecule has 2 N–H and O–H groups in total. The lowest BCUT2D eigenvalue weighted by atomic mass is 10.4. The summed E-state index contributed by atoms with van der Waals surface area (Å²) in [5, 5.41) is 5.21. The number of hydrogen-bond donors (Lipinski definition) is 2. The summed E-state index contributed by atoms with van der Waals surface area (Å²) in [5.74, 6) is -0.0105. The van der Waals surface area contributed by atoms with Crippen LogP contribution < -0.4 is 10.6 Å². The Hall–Kier alpha value is -1.14. The van der Waals surface area contributed by atoms with Gasteiger partial charge in [0.2, 0.25) is 11.8 Å². The number of amides is 2. The van der Waals surface area contributed by atoms with Crippen molar-refractivity contribution in [2.24, 2.45) is 0 Å². The first-order valence-corrected chi connectivity index (χ1v) is 6.83. The second-order valence-electron chi connectivity index (χ2n) is 3.35. The molecule has 0 radical (unpaired) electrons. The van der Waals surface area contributed by atoms with Crippen LogP contribution in [-0.2, 0) is 19.1 Å². The minimum absolute atomic E-state index is 0.0235. The van der Waals surface area contributed by atoms with Gasteiger partial charge in [0, 0.05) is 26.4 Å². The summed E-state index contributed by atoms with van der Waals surface area (Å²) in [7, 11) is 1.59. The predicted octanol–water partition coefficient (Wildman–Crippen LogP) is 0.708. The van der Waals surface area contributed by atoms with Gasteiger partial charge in [-0.2, -0.15) is 0 Å². The van der Waals surface area contributed by atoms with Crippen molar-refractivity contribution in [3.63, 3.8) is 0 Å². The van der Waals surface area contributed by atoms with Gasteiger partial charge in [-0.1, -0.05) is 20.8 Å². The summed E-state index contributed by atoms with van der Waals surface area (Å²) < 4.78 is 10.4. The first kappa shape index (κ1) is 20.2. The van der Waals surface area contributed by atoms with Gasteiger partial charge in [0.25, 0.3) is 0 Å². The zero-order valence-corrected chi connectivity index (χ0v) is 12.6. The number of carbonyl (C=O) groups is 2. The van der Waals surface area contributed by atoms with E-state index in [2.05, 4.69) is 10.6 Å². The van der Waals surface area contributed by atoms with Gasteiger partial charge in [0.1, 0.15) is 0 Å². The highest BCUT2D eigenvalue weighted by molar-refractivity contribution is 5.75. The quantitative estimate of drug-likeness (QED) is 0.576. The predicted molar refractivity (Wildman–Crippen MR) is 75.0 cm³/mol. The third-order valence-electron chi connectivity index (χ3n) is 2.01. The number of rotatable bonds is 10. The first-order valence-electron chi connectivity index (χ1n) is 6.83. The van der Waals surface area contributed by atoms with Gasteiger partial charge >= 0.3 is 0 Å². The van der Waals surface area contributed by atoms with Gasteiger partial charge in [0.05, 0.1) is 26.4 Å². The molecule has 0 atom stereocenters. The Balaban J connectivity index is 0. The summed E-state index contributed by atoms with van der Waals surface area (Å²) in [5.41, 5.74) is 0. The molecule has 114 valence electrons. The Morgan fingerprint density at radius 3 is 2.05 bits per heavy atom. The zero-order chi connectivity index (χ0) is 14.9. The average Bonchev–Trinajstić information content (AvgIpc) is 2.46. The van der Waals surface area contributed by atoms with Crippen LogP contribution in [-0.4, -0.2) is 51.8 Å². The van der Waals surface area contributed by atoms with Crippen molar-refractivity contribution in [2.75, 3.05) is 40.0 Å². The Morgan fingerprint density at radius 2 is 1.53 bits per heavy atom. The van der Waals surface area contributed by atoms with Crippen LogP contribution in [0, 0.1) is 0 Å². The molecule has 19 heavy (non-hydrogen) atoms. The molecule has 0 aromatic rings. The number of hydrogen-bond acceptors (Lipinski definition) is 4. The fraction of sp³-hybridized carbons (Fsp3) is 0.846. The van der Waals surface area contributed by atoms with E-state index < -0.39 is 0 Å². The molecule has 0 rings (SSSR count). The standard InChI is InChI=1S/C11H22N2O4.C2H6/c1-3-10(14)13-5-7-17-9-8-16-6-4-11(15)12-2;1-2/h3-9H2,1-2H3,(H,12,15)(H,13,14);1-2H3. The Bertz CT molecular complexity index is 201. The third kappa shape index (κ3) is 16.9. The molecule has 0 saturated heterocycles. The van der Waals surface area contributed by atoms with E-state index in [1.54, 1.807) is 14.0 Å². The molecule has 0 aliphatic heterocycles. The van der Waals surface area contributed by atoms with E-state index in [4.69, 9.17) is 9.47 Å². The van der Waals surface area contributed by atoms with Crippen molar-refractivity contribution in [3.05, 3.63) is 0 Å². The van der Waals surface area contributed by atoms with Crippen LogP contribution >= 0.6 is 0 Å². The van der Waals surface area contributed by atoms with Crippen LogP contribution in [0.3, 0.4) is 0 Å². The van der Waals surface area contributed by atoms with Crippen molar-refractivity contribution in [1.82, 2.24) is 10.6 Å². The lowest BCUT2D eigenvalue weighted by Gasteiger charge is -2.06. The normalized spacial score (nSPS) is 9.26. The van der Waals surface area contributed by atoms with Crippen LogP contribution in [0.25, 0.3) is 0 Å². The molecule has 0 fully saturated rings. The lowest BCUT2D eigenvalue weighted by Crippen LogP contribution is -2.26. The maximum atomic E-state index is 10.8. The number of ether oxygens (including phenoxy) is 2. The minimum Gasteiger partial charge on any atom is -0.379 e. The highest BCUT2D eigenvalue weighted by Gasteiger charge is 1.97. The van der Waals surface area contributed by atoms with Gasteiger partial charge in [-0.3, -0.25) is 9.59 Å². The minimum atomic E-state index is -0.0341. The van der Waals surface area contributed by atoms with Crippen LogP contribution in [0.1, 0.15) is 33.6 Å². The second kappa shape index (κ2) is 16.9. The molecule has 0 aromatic heterocycles. The van der Waals surface area contributed by atoms with Crippen molar-refractivity contribution >= 4 is 11.8 Å². The van der Waals surface area contributed by atoms with E-state index in [9.17, 15) is 9.59 Å². The summed E-state index contributed by atoms with van der Waals surface area (Å²) in [6.07, 6.45) is 0.853. The molecule has 0 spiro atoms. The van der Waals surface area contributed by atoms with E-state index in [0.29, 0.717) is 45.8 Å². The molecule has 0 saturated carbocycles. The van der Waals surface area contributed by atoms with Gasteiger partial charge < -0.3 is 20.1 Å². The molecular formula is C13H28N2O4. The van der Waals surface area contributed by atoms with Crippen molar-refractivity contribution in [1.29, 1.82) is 0 Å². The van der Waals surface area contributed by atoms with E-state index in [0.717, 1.165) is 0 Å². The van der Waals surface area contributed by atoms with Crippen molar-refractivity contribution in [2.45, 2.75) is 33.6 Å². The molecule has 0 heterocycles. The molecular weight excluding hydrogens is 248 g/mol. The summed E-state index contributed by atoms with van der Waals surface area (Å²) in [6, 6.07) is 0. The van der Waals surface area contributed by atoms with Crippen molar-refractivity contribution < 1.29 is 19.1 Å². The molecule has 0 bridgehead atoms. The van der Waals surface area contributed by atoms with E-state index in [1.807, 2.05) is 13.8 Å². The fourth-order valence-corrected chi connectivity index (χ4v) is 0.999. The van der Waals surface area contributed by atoms with Gasteiger partial charge in [-0.25, -0.2) is 0 Å². The van der Waals surface area contributed by atoms with Gasteiger partial charge in [-0.05, 0) is 0 Å². The topological polar surface area (TPSA) is 76.7 Å². The van der Waals surface area contributed by atoms with Crippen molar-refractivity contribution in [3.8, 4) is 0 Å². The molecule has 0 aliphatic carbocycles. The van der Waals surface area contributed by atoms with E-state index in [-0.39, 0.29) is 11.8 Å². The van der Waals surface area contributed by atoms with Gasteiger partial charge in [-0.15, -0.1) is 0 Å². The summed E-state index contributed by atoms with van der Waals surface area (Å²) >= 11 is 0.